The lowest BCUT2D eigenvalue weighted by Gasteiger charge is -2.31. The van der Waals surface area contributed by atoms with E-state index >= 15 is 0 Å². The van der Waals surface area contributed by atoms with Gasteiger partial charge in [-0.25, -0.2) is 13.2 Å². The van der Waals surface area contributed by atoms with Gasteiger partial charge in [0.2, 0.25) is 21.8 Å². The van der Waals surface area contributed by atoms with Gasteiger partial charge < -0.3 is 15.1 Å². The number of amides is 2. The zero-order chi connectivity index (χ0) is 23.8. The van der Waals surface area contributed by atoms with Crippen LogP contribution >= 0.6 is 0 Å². The topological polar surface area (TPSA) is 131 Å². The number of fused-ring (bicyclic) bond motifs is 1. The minimum absolute atomic E-state index is 0.0129. The van der Waals surface area contributed by atoms with Crippen molar-refractivity contribution >= 4 is 44.3 Å². The van der Waals surface area contributed by atoms with Gasteiger partial charge in [-0.3, -0.25) is 14.2 Å². The molecular weight excluding hydrogens is 448 g/mol. The zero-order valence-electron chi connectivity index (χ0n) is 18.2. The van der Waals surface area contributed by atoms with E-state index in [0.717, 1.165) is 0 Å². The summed E-state index contributed by atoms with van der Waals surface area (Å²) in [5.41, 5.74) is 1.86. The summed E-state index contributed by atoms with van der Waals surface area (Å²) in [6.07, 6.45) is 1.11. The molecule has 0 aliphatic carbocycles. The first kappa shape index (κ1) is 22.7. The average Bonchev–Trinajstić information content (AvgIpc) is 3.07. The number of carbonyl (C=O) groups is 2. The van der Waals surface area contributed by atoms with Gasteiger partial charge in [-0.2, -0.15) is 4.31 Å². The highest BCUT2D eigenvalue weighted by atomic mass is 32.2. The monoisotopic (exact) mass is 472 g/mol. The van der Waals surface area contributed by atoms with Crippen molar-refractivity contribution in [3.8, 4) is 0 Å². The molecule has 2 N–H and O–H groups in total. The molecule has 0 saturated carbocycles. The lowest BCUT2D eigenvalue weighted by atomic mass is 9.98. The molecule has 3 aromatic rings. The molecule has 33 heavy (non-hydrogen) atoms. The molecule has 0 spiro atoms. The smallest absolute Gasteiger partial charge is 0.408 e. The van der Waals surface area contributed by atoms with Crippen LogP contribution < -0.4 is 16.4 Å². The Kier molecular flexibility index (Phi) is 6.09. The first-order valence-electron chi connectivity index (χ1n) is 10.4. The number of oxazole rings is 1. The molecule has 10 nitrogen and oxygen atoms in total. The van der Waals surface area contributed by atoms with E-state index in [1.165, 1.54) is 34.0 Å². The van der Waals surface area contributed by atoms with Gasteiger partial charge in [-0.05, 0) is 49.2 Å². The maximum absolute atomic E-state index is 13.2. The Balaban J connectivity index is 1.47. The Morgan fingerprint density at radius 1 is 1.06 bits per heavy atom. The Morgan fingerprint density at radius 2 is 1.73 bits per heavy atom. The van der Waals surface area contributed by atoms with Crippen LogP contribution in [-0.4, -0.2) is 42.2 Å². The van der Waals surface area contributed by atoms with Crippen molar-refractivity contribution < 1.29 is 22.4 Å². The molecule has 2 aromatic carbocycles. The summed E-state index contributed by atoms with van der Waals surface area (Å²) in [7, 11) is -2.33. The van der Waals surface area contributed by atoms with Crippen molar-refractivity contribution in [1.29, 1.82) is 0 Å². The molecule has 174 valence electrons. The van der Waals surface area contributed by atoms with Crippen LogP contribution in [0.2, 0.25) is 0 Å². The number of hydrogen-bond acceptors (Lipinski definition) is 6. The molecule has 2 amide bonds. The molecule has 11 heteroatoms. The number of anilines is 2. The number of sulfonamides is 1. The second kappa shape index (κ2) is 8.83. The Morgan fingerprint density at radius 3 is 2.39 bits per heavy atom. The molecular formula is C22H24N4O6S. The molecule has 0 bridgehead atoms. The van der Waals surface area contributed by atoms with Crippen LogP contribution in [-0.2, 0) is 26.7 Å². The predicted octanol–water partition coefficient (Wildman–Crippen LogP) is 2.13. The molecule has 1 atom stereocenters. The third-order valence-electron chi connectivity index (χ3n) is 5.63. The number of rotatable bonds is 5. The fraction of sp³-hybridized carbons (Fsp3) is 0.318. The lowest BCUT2D eigenvalue weighted by Crippen LogP contribution is -2.43. The number of nitrogens with zero attached hydrogens (tertiary/aromatic N) is 2. The van der Waals surface area contributed by atoms with E-state index in [1.807, 2.05) is 0 Å². The van der Waals surface area contributed by atoms with Gasteiger partial charge in [0.1, 0.15) is 0 Å². The summed E-state index contributed by atoms with van der Waals surface area (Å²) in [4.78, 5) is 35.6. The first-order valence-corrected chi connectivity index (χ1v) is 11.9. The highest BCUT2D eigenvalue weighted by Gasteiger charge is 2.33. The van der Waals surface area contributed by atoms with E-state index in [2.05, 4.69) is 10.6 Å². The van der Waals surface area contributed by atoms with E-state index in [1.54, 1.807) is 31.3 Å². The highest BCUT2D eigenvalue weighted by molar-refractivity contribution is 7.89. The van der Waals surface area contributed by atoms with Gasteiger partial charge in [0, 0.05) is 44.5 Å². The Bertz CT molecular complexity index is 1370. The second-order valence-corrected chi connectivity index (χ2v) is 9.94. The minimum Gasteiger partial charge on any atom is -0.408 e. The first-order chi connectivity index (χ1) is 15.6. The normalized spacial score (nSPS) is 17.1. The maximum atomic E-state index is 13.2. The van der Waals surface area contributed by atoms with Gasteiger partial charge in [0.15, 0.2) is 5.58 Å². The van der Waals surface area contributed by atoms with E-state index in [0.29, 0.717) is 36.3 Å². The minimum atomic E-state index is -3.87. The molecule has 1 aliphatic rings. The maximum Gasteiger partial charge on any atom is 0.419 e. The summed E-state index contributed by atoms with van der Waals surface area (Å²) in [6, 6.07) is 11.0. The van der Waals surface area contributed by atoms with E-state index in [4.69, 9.17) is 4.42 Å². The fourth-order valence-electron chi connectivity index (χ4n) is 3.88. The third-order valence-corrected chi connectivity index (χ3v) is 7.49. The molecule has 1 saturated heterocycles. The van der Waals surface area contributed by atoms with Crippen molar-refractivity contribution in [2.24, 2.45) is 13.0 Å². The quantitative estimate of drug-likeness (QED) is 0.585. The van der Waals surface area contributed by atoms with Crippen LogP contribution in [0, 0.1) is 5.92 Å². The third kappa shape index (κ3) is 4.69. The van der Waals surface area contributed by atoms with Gasteiger partial charge in [-0.1, -0.05) is 0 Å². The number of aromatic nitrogens is 1. The van der Waals surface area contributed by atoms with Crippen LogP contribution in [0.3, 0.4) is 0 Å². The number of benzene rings is 2. The van der Waals surface area contributed by atoms with Crippen LogP contribution in [0.25, 0.3) is 11.1 Å². The van der Waals surface area contributed by atoms with E-state index in [9.17, 15) is 22.8 Å². The Hall–Kier alpha value is -3.44. The SMILES string of the molecule is CC(=O)Nc1ccc(NC(=O)[C@H]2CCCN(S(=O)(=O)c3ccc4c(c3)oc(=O)n4C)C2)cc1. The largest absolute Gasteiger partial charge is 0.419 e. The van der Waals surface area contributed by atoms with Crippen molar-refractivity contribution in [3.05, 3.63) is 53.0 Å². The number of piperidine rings is 1. The van der Waals surface area contributed by atoms with Gasteiger partial charge in [-0.15, -0.1) is 0 Å². The second-order valence-electron chi connectivity index (χ2n) is 8.01. The number of hydrogen-bond donors (Lipinski definition) is 2. The van der Waals surface area contributed by atoms with Crippen molar-refractivity contribution in [2.45, 2.75) is 24.7 Å². The number of carbonyl (C=O) groups excluding carboxylic acids is 2. The standard InChI is InChI=1S/C22H24N4O6S/c1-14(27)23-16-5-7-17(8-6-16)24-21(28)15-4-3-11-26(13-15)33(30,31)18-9-10-19-20(12-18)32-22(29)25(19)2/h5-10,12,15H,3-4,11,13H2,1-2H3,(H,23,27)(H,24,28)/t15-/m0/s1. The van der Waals surface area contributed by atoms with Gasteiger partial charge >= 0.3 is 5.76 Å². The van der Waals surface area contributed by atoms with Crippen molar-refractivity contribution in [1.82, 2.24) is 8.87 Å². The summed E-state index contributed by atoms with van der Waals surface area (Å²) >= 11 is 0. The van der Waals surface area contributed by atoms with E-state index < -0.39 is 21.7 Å². The van der Waals surface area contributed by atoms with E-state index in [-0.39, 0.29) is 28.8 Å². The number of nitrogens with one attached hydrogen (secondary N) is 2. The summed E-state index contributed by atoms with van der Waals surface area (Å²) < 4.78 is 34.1. The number of aryl methyl sites for hydroxylation is 1. The Labute approximate surface area is 190 Å². The predicted molar refractivity (Wildman–Crippen MR) is 122 cm³/mol. The van der Waals surface area contributed by atoms with Gasteiger partial charge in [0.25, 0.3) is 0 Å². The van der Waals surface area contributed by atoms with Crippen LogP contribution in [0.15, 0.2) is 56.6 Å². The lowest BCUT2D eigenvalue weighted by molar-refractivity contribution is -0.121. The average molecular weight is 473 g/mol. The van der Waals surface area contributed by atoms with Gasteiger partial charge in [0.05, 0.1) is 16.3 Å². The molecule has 4 rings (SSSR count). The molecule has 1 fully saturated rings. The zero-order valence-corrected chi connectivity index (χ0v) is 19.0. The van der Waals surface area contributed by atoms with Crippen LogP contribution in [0.4, 0.5) is 11.4 Å². The van der Waals surface area contributed by atoms with Crippen LogP contribution in [0.5, 0.6) is 0 Å². The molecule has 2 heterocycles. The molecule has 1 aliphatic heterocycles. The highest BCUT2D eigenvalue weighted by Crippen LogP contribution is 2.27. The molecule has 1 aromatic heterocycles. The summed E-state index contributed by atoms with van der Waals surface area (Å²) in [5.74, 6) is -1.54. The van der Waals surface area contributed by atoms with Crippen molar-refractivity contribution in [3.63, 3.8) is 0 Å². The molecule has 0 unspecified atom stereocenters. The summed E-state index contributed by atoms with van der Waals surface area (Å²) in [5, 5.41) is 5.46. The van der Waals surface area contributed by atoms with Crippen LogP contribution in [0.1, 0.15) is 19.8 Å². The summed E-state index contributed by atoms with van der Waals surface area (Å²) in [6.45, 7) is 1.76. The molecule has 0 radical (unpaired) electrons. The fourth-order valence-corrected chi connectivity index (χ4v) is 5.42. The van der Waals surface area contributed by atoms with Crippen molar-refractivity contribution in [2.75, 3.05) is 23.7 Å².